The maximum atomic E-state index is 4.29. The standard InChI is InChI=1S/C9H10N2S2/c1-2-4-8(5-3-1)10-11-9-12-6-7-13-9/h1-5,10H,6-7H2. The highest BCUT2D eigenvalue weighted by Gasteiger charge is 2.08. The minimum Gasteiger partial charge on any atom is -0.277 e. The smallest absolute Gasteiger partial charge is 0.150 e. The van der Waals surface area contributed by atoms with E-state index in [9.17, 15) is 0 Å². The van der Waals surface area contributed by atoms with Crippen LogP contribution in [-0.4, -0.2) is 15.9 Å². The van der Waals surface area contributed by atoms with Gasteiger partial charge < -0.3 is 0 Å². The van der Waals surface area contributed by atoms with Gasteiger partial charge in [-0.2, -0.15) is 5.10 Å². The average Bonchev–Trinajstić information content (AvgIpc) is 2.69. The van der Waals surface area contributed by atoms with E-state index in [1.165, 1.54) is 11.5 Å². The molecule has 0 spiro atoms. The van der Waals surface area contributed by atoms with E-state index < -0.39 is 0 Å². The van der Waals surface area contributed by atoms with E-state index in [4.69, 9.17) is 0 Å². The third kappa shape index (κ3) is 2.67. The van der Waals surface area contributed by atoms with Gasteiger partial charge in [0.15, 0.2) is 0 Å². The van der Waals surface area contributed by atoms with Crippen molar-refractivity contribution in [2.45, 2.75) is 0 Å². The van der Waals surface area contributed by atoms with Crippen LogP contribution in [0.25, 0.3) is 0 Å². The van der Waals surface area contributed by atoms with E-state index in [1.807, 2.05) is 53.9 Å². The van der Waals surface area contributed by atoms with Gasteiger partial charge in [-0.3, -0.25) is 5.43 Å². The van der Waals surface area contributed by atoms with E-state index >= 15 is 0 Å². The lowest BCUT2D eigenvalue weighted by atomic mass is 10.3. The molecule has 13 heavy (non-hydrogen) atoms. The number of nitrogens with zero attached hydrogens (tertiary/aromatic N) is 1. The summed E-state index contributed by atoms with van der Waals surface area (Å²) in [5.74, 6) is 2.36. The highest BCUT2D eigenvalue weighted by molar-refractivity contribution is 8.41. The molecule has 2 nitrogen and oxygen atoms in total. The Labute approximate surface area is 86.2 Å². The molecule has 1 aromatic carbocycles. The summed E-state index contributed by atoms with van der Waals surface area (Å²) in [6.45, 7) is 0. The van der Waals surface area contributed by atoms with E-state index in [0.29, 0.717) is 0 Å². The Kier molecular flexibility index (Phi) is 3.16. The quantitative estimate of drug-likeness (QED) is 0.760. The van der Waals surface area contributed by atoms with Gasteiger partial charge in [0.25, 0.3) is 0 Å². The largest absolute Gasteiger partial charge is 0.277 e. The molecule has 1 heterocycles. The summed E-state index contributed by atoms with van der Waals surface area (Å²) >= 11 is 3.62. The summed E-state index contributed by atoms with van der Waals surface area (Å²) < 4.78 is 1.14. The molecule has 1 aliphatic rings. The van der Waals surface area contributed by atoms with Gasteiger partial charge in [-0.1, -0.05) is 41.7 Å². The van der Waals surface area contributed by atoms with Crippen LogP contribution in [-0.2, 0) is 0 Å². The SMILES string of the molecule is c1ccc(NN=C2SCCS2)cc1. The number of rotatable bonds is 2. The van der Waals surface area contributed by atoms with Gasteiger partial charge in [0.05, 0.1) is 5.69 Å². The molecule has 0 aliphatic carbocycles. The van der Waals surface area contributed by atoms with Crippen molar-refractivity contribution in [3.8, 4) is 0 Å². The van der Waals surface area contributed by atoms with Crippen molar-refractivity contribution in [1.29, 1.82) is 0 Å². The molecular formula is C9H10N2S2. The molecule has 1 N–H and O–H groups in total. The van der Waals surface area contributed by atoms with Crippen molar-refractivity contribution >= 4 is 33.6 Å². The summed E-state index contributed by atoms with van der Waals surface area (Å²) in [4.78, 5) is 0. The predicted octanol–water partition coefficient (Wildman–Crippen LogP) is 2.85. The number of thioether (sulfide) groups is 2. The van der Waals surface area contributed by atoms with E-state index in [1.54, 1.807) is 0 Å². The first kappa shape index (κ1) is 8.97. The zero-order chi connectivity index (χ0) is 8.93. The fourth-order valence-corrected chi connectivity index (χ4v) is 3.06. The van der Waals surface area contributed by atoms with Crippen LogP contribution in [0.1, 0.15) is 0 Å². The second-order valence-electron chi connectivity index (χ2n) is 2.55. The van der Waals surface area contributed by atoms with Crippen LogP contribution in [0.4, 0.5) is 5.69 Å². The monoisotopic (exact) mass is 210 g/mol. The number of hydrogen-bond donors (Lipinski definition) is 1. The maximum absolute atomic E-state index is 4.29. The number of para-hydroxylation sites is 1. The zero-order valence-corrected chi connectivity index (χ0v) is 8.70. The average molecular weight is 210 g/mol. The van der Waals surface area contributed by atoms with Gasteiger partial charge in [0.1, 0.15) is 4.38 Å². The summed E-state index contributed by atoms with van der Waals surface area (Å²) in [5, 5.41) is 4.29. The van der Waals surface area contributed by atoms with Crippen molar-refractivity contribution in [1.82, 2.24) is 0 Å². The Hall–Kier alpha value is -0.610. The van der Waals surface area contributed by atoms with Crippen molar-refractivity contribution in [3.63, 3.8) is 0 Å². The molecule has 0 unspecified atom stereocenters. The van der Waals surface area contributed by atoms with Crippen LogP contribution in [0.15, 0.2) is 35.4 Å². The Morgan fingerprint density at radius 2 is 1.77 bits per heavy atom. The van der Waals surface area contributed by atoms with Crippen LogP contribution in [0.5, 0.6) is 0 Å². The Balaban J connectivity index is 1.95. The Morgan fingerprint density at radius 1 is 1.08 bits per heavy atom. The molecule has 1 aliphatic heterocycles. The summed E-state index contributed by atoms with van der Waals surface area (Å²) in [6.07, 6.45) is 0. The molecule has 0 radical (unpaired) electrons. The first-order valence-corrected chi connectivity index (χ1v) is 6.06. The molecular weight excluding hydrogens is 200 g/mol. The van der Waals surface area contributed by atoms with Crippen LogP contribution in [0.2, 0.25) is 0 Å². The Morgan fingerprint density at radius 3 is 2.46 bits per heavy atom. The summed E-state index contributed by atoms with van der Waals surface area (Å²) in [6, 6.07) is 10.0. The lowest BCUT2D eigenvalue weighted by Gasteiger charge is -1.99. The topological polar surface area (TPSA) is 24.4 Å². The van der Waals surface area contributed by atoms with E-state index in [0.717, 1.165) is 10.1 Å². The molecule has 0 aromatic heterocycles. The molecule has 0 amide bonds. The molecule has 1 aromatic rings. The number of nitrogens with one attached hydrogen (secondary N) is 1. The lowest BCUT2D eigenvalue weighted by molar-refractivity contribution is 1.36. The molecule has 0 saturated carbocycles. The Bertz CT molecular complexity index is 290. The van der Waals surface area contributed by atoms with E-state index in [2.05, 4.69) is 10.5 Å². The summed E-state index contributed by atoms with van der Waals surface area (Å²) in [7, 11) is 0. The molecule has 0 bridgehead atoms. The van der Waals surface area contributed by atoms with E-state index in [-0.39, 0.29) is 0 Å². The number of hydrogen-bond acceptors (Lipinski definition) is 4. The fraction of sp³-hybridized carbons (Fsp3) is 0.222. The van der Waals surface area contributed by atoms with Crippen molar-refractivity contribution < 1.29 is 0 Å². The fourth-order valence-electron chi connectivity index (χ4n) is 0.987. The third-order valence-electron chi connectivity index (χ3n) is 1.58. The minimum atomic E-state index is 1.04. The van der Waals surface area contributed by atoms with Crippen LogP contribution < -0.4 is 5.43 Å². The zero-order valence-electron chi connectivity index (χ0n) is 7.06. The third-order valence-corrected chi connectivity index (χ3v) is 4.04. The number of benzene rings is 1. The van der Waals surface area contributed by atoms with Crippen molar-refractivity contribution in [2.75, 3.05) is 16.9 Å². The first-order valence-electron chi connectivity index (χ1n) is 4.09. The van der Waals surface area contributed by atoms with Crippen LogP contribution in [0, 0.1) is 0 Å². The van der Waals surface area contributed by atoms with Gasteiger partial charge in [-0.15, -0.1) is 0 Å². The molecule has 4 heteroatoms. The minimum absolute atomic E-state index is 1.04. The molecule has 0 atom stereocenters. The van der Waals surface area contributed by atoms with Gasteiger partial charge in [0, 0.05) is 11.5 Å². The highest BCUT2D eigenvalue weighted by Crippen LogP contribution is 2.25. The van der Waals surface area contributed by atoms with Crippen LogP contribution in [0.3, 0.4) is 0 Å². The van der Waals surface area contributed by atoms with Gasteiger partial charge in [-0.25, -0.2) is 0 Å². The van der Waals surface area contributed by atoms with Crippen molar-refractivity contribution in [2.24, 2.45) is 5.10 Å². The number of hydrazone groups is 1. The van der Waals surface area contributed by atoms with Gasteiger partial charge in [-0.05, 0) is 12.1 Å². The first-order chi connectivity index (χ1) is 6.45. The second kappa shape index (κ2) is 4.58. The number of anilines is 1. The predicted molar refractivity (Wildman–Crippen MR) is 62.4 cm³/mol. The molecule has 1 saturated heterocycles. The molecule has 2 rings (SSSR count). The molecule has 1 fully saturated rings. The molecule has 68 valence electrons. The summed E-state index contributed by atoms with van der Waals surface area (Å²) in [5.41, 5.74) is 4.08. The van der Waals surface area contributed by atoms with Crippen molar-refractivity contribution in [3.05, 3.63) is 30.3 Å². The normalized spacial score (nSPS) is 15.8. The maximum Gasteiger partial charge on any atom is 0.150 e. The highest BCUT2D eigenvalue weighted by atomic mass is 32.2. The van der Waals surface area contributed by atoms with Gasteiger partial charge >= 0.3 is 0 Å². The lowest BCUT2D eigenvalue weighted by Crippen LogP contribution is -1.90. The van der Waals surface area contributed by atoms with Gasteiger partial charge in [0.2, 0.25) is 0 Å². The van der Waals surface area contributed by atoms with Crippen LogP contribution >= 0.6 is 23.5 Å². The second-order valence-corrected chi connectivity index (χ2v) is 4.98.